The fraction of sp³-hybridized carbons (Fsp3) is 0.476. The molecule has 0 unspecified atom stereocenters. The number of carbonyl (C=O) groups is 1. The Kier molecular flexibility index (Phi) is 7.74. The second-order valence-corrected chi connectivity index (χ2v) is 6.76. The Hall–Kier alpha value is -2.07. The average Bonchev–Trinajstić information content (AvgIpc) is 2.63. The van der Waals surface area contributed by atoms with E-state index in [2.05, 4.69) is 47.2 Å². The van der Waals surface area contributed by atoms with Crippen LogP contribution in [0.15, 0.2) is 49.6 Å². The van der Waals surface area contributed by atoms with Crippen molar-refractivity contribution in [3.8, 4) is 0 Å². The first-order valence-corrected chi connectivity index (χ1v) is 9.16. The lowest BCUT2D eigenvalue weighted by molar-refractivity contribution is -0.131. The van der Waals surface area contributed by atoms with E-state index in [0.717, 1.165) is 19.6 Å². The summed E-state index contributed by atoms with van der Waals surface area (Å²) in [5.41, 5.74) is 2.54. The van der Waals surface area contributed by atoms with Crippen molar-refractivity contribution in [2.75, 3.05) is 44.7 Å². The third-order valence-electron chi connectivity index (χ3n) is 4.57. The lowest BCUT2D eigenvalue weighted by Crippen LogP contribution is -2.39. The molecule has 1 amide bonds. The molecule has 4 heteroatoms. The third kappa shape index (κ3) is 6.05. The van der Waals surface area contributed by atoms with Gasteiger partial charge in [-0.25, -0.2) is 0 Å². The molecule has 0 radical (unpaired) electrons. The number of carbonyl (C=O) groups excluding carboxylic acids is 1. The molecule has 1 aliphatic heterocycles. The van der Waals surface area contributed by atoms with E-state index in [9.17, 15) is 4.79 Å². The van der Waals surface area contributed by atoms with Gasteiger partial charge in [0.1, 0.15) is 0 Å². The Morgan fingerprint density at radius 3 is 2.24 bits per heavy atom. The van der Waals surface area contributed by atoms with Gasteiger partial charge in [-0.2, -0.15) is 0 Å². The van der Waals surface area contributed by atoms with Crippen molar-refractivity contribution in [3.63, 3.8) is 0 Å². The minimum absolute atomic E-state index is 0.104. The number of hydrogen-bond acceptors (Lipinski definition) is 3. The minimum Gasteiger partial charge on any atom is -0.372 e. The number of anilines is 1. The molecule has 2 rings (SSSR count). The summed E-state index contributed by atoms with van der Waals surface area (Å²) in [4.78, 5) is 18.6. The van der Waals surface area contributed by atoms with E-state index in [4.69, 9.17) is 0 Å². The number of amides is 1. The second kappa shape index (κ2) is 10.0. The van der Waals surface area contributed by atoms with Crippen molar-refractivity contribution in [3.05, 3.63) is 55.1 Å². The minimum atomic E-state index is 0.104. The summed E-state index contributed by atoms with van der Waals surface area (Å²) in [5, 5.41) is 0. The number of rotatable bonds is 9. The maximum atomic E-state index is 12.4. The predicted octanol–water partition coefficient (Wildman–Crippen LogP) is 3.31. The zero-order chi connectivity index (χ0) is 18.1. The van der Waals surface area contributed by atoms with E-state index in [0.29, 0.717) is 19.6 Å². The van der Waals surface area contributed by atoms with Gasteiger partial charge in [0.15, 0.2) is 0 Å². The Balaban J connectivity index is 1.86. The first kappa shape index (κ1) is 19.3. The maximum absolute atomic E-state index is 12.4. The van der Waals surface area contributed by atoms with E-state index in [1.165, 1.54) is 30.5 Å². The SMILES string of the molecule is C=CCN(CC=C)C(=O)CN(C)Cc1ccc(N2CCCCC2)cc1. The van der Waals surface area contributed by atoms with Gasteiger partial charge in [-0.05, 0) is 44.0 Å². The fourth-order valence-electron chi connectivity index (χ4n) is 3.25. The lowest BCUT2D eigenvalue weighted by atomic mass is 10.1. The fourth-order valence-corrected chi connectivity index (χ4v) is 3.25. The molecular formula is C21H31N3O. The van der Waals surface area contributed by atoms with Crippen LogP contribution in [-0.2, 0) is 11.3 Å². The van der Waals surface area contributed by atoms with E-state index >= 15 is 0 Å². The molecule has 0 bridgehead atoms. The van der Waals surface area contributed by atoms with Crippen LogP contribution in [0.2, 0.25) is 0 Å². The number of nitrogens with zero attached hydrogens (tertiary/aromatic N) is 3. The van der Waals surface area contributed by atoms with Gasteiger partial charge in [-0.1, -0.05) is 24.3 Å². The molecule has 0 aliphatic carbocycles. The highest BCUT2D eigenvalue weighted by atomic mass is 16.2. The molecule has 1 aromatic carbocycles. The van der Waals surface area contributed by atoms with Crippen molar-refractivity contribution in [1.29, 1.82) is 0 Å². The molecule has 1 aliphatic rings. The average molecular weight is 341 g/mol. The number of piperidine rings is 1. The first-order chi connectivity index (χ1) is 12.1. The highest BCUT2D eigenvalue weighted by Gasteiger charge is 2.14. The van der Waals surface area contributed by atoms with Crippen LogP contribution < -0.4 is 4.90 Å². The molecule has 4 nitrogen and oxygen atoms in total. The highest BCUT2D eigenvalue weighted by molar-refractivity contribution is 5.78. The van der Waals surface area contributed by atoms with Crippen LogP contribution in [0.4, 0.5) is 5.69 Å². The second-order valence-electron chi connectivity index (χ2n) is 6.76. The summed E-state index contributed by atoms with van der Waals surface area (Å²) in [7, 11) is 1.98. The predicted molar refractivity (Wildman–Crippen MR) is 106 cm³/mol. The normalized spacial score (nSPS) is 14.4. The summed E-state index contributed by atoms with van der Waals surface area (Å²) in [6, 6.07) is 8.77. The monoisotopic (exact) mass is 341 g/mol. The zero-order valence-electron chi connectivity index (χ0n) is 15.5. The smallest absolute Gasteiger partial charge is 0.237 e. The standard InChI is InChI=1S/C21H31N3O/c1-4-13-24(14-5-2)21(25)18-22(3)17-19-9-11-20(12-10-19)23-15-7-6-8-16-23/h4-5,9-12H,1-2,6-8,13-18H2,3H3. The van der Waals surface area contributed by atoms with Gasteiger partial charge in [0.2, 0.25) is 5.91 Å². The van der Waals surface area contributed by atoms with Crippen molar-refractivity contribution >= 4 is 11.6 Å². The topological polar surface area (TPSA) is 26.8 Å². The molecule has 0 atom stereocenters. The van der Waals surface area contributed by atoms with E-state index in [1.807, 2.05) is 7.05 Å². The maximum Gasteiger partial charge on any atom is 0.237 e. The lowest BCUT2D eigenvalue weighted by Gasteiger charge is -2.29. The quantitative estimate of drug-likeness (QED) is 0.645. The summed E-state index contributed by atoms with van der Waals surface area (Å²) in [6.07, 6.45) is 7.43. The van der Waals surface area contributed by atoms with Gasteiger partial charge in [0.05, 0.1) is 6.54 Å². The van der Waals surface area contributed by atoms with E-state index < -0.39 is 0 Å². The molecular weight excluding hydrogens is 310 g/mol. The van der Waals surface area contributed by atoms with E-state index in [1.54, 1.807) is 17.1 Å². The van der Waals surface area contributed by atoms with Crippen LogP contribution in [0.25, 0.3) is 0 Å². The van der Waals surface area contributed by atoms with E-state index in [-0.39, 0.29) is 5.91 Å². The summed E-state index contributed by atoms with van der Waals surface area (Å²) < 4.78 is 0. The Bertz CT molecular complexity index is 551. The van der Waals surface area contributed by atoms with Crippen LogP contribution in [-0.4, -0.2) is 55.5 Å². The van der Waals surface area contributed by atoms with Gasteiger partial charge >= 0.3 is 0 Å². The van der Waals surface area contributed by atoms with Gasteiger partial charge in [0, 0.05) is 38.4 Å². The number of benzene rings is 1. The summed E-state index contributed by atoms with van der Waals surface area (Å²) in [6.45, 7) is 12.0. The highest BCUT2D eigenvalue weighted by Crippen LogP contribution is 2.20. The van der Waals surface area contributed by atoms with Gasteiger partial charge in [0.25, 0.3) is 0 Å². The third-order valence-corrected chi connectivity index (χ3v) is 4.57. The van der Waals surface area contributed by atoms with Crippen molar-refractivity contribution in [2.24, 2.45) is 0 Å². The van der Waals surface area contributed by atoms with Crippen LogP contribution in [0.1, 0.15) is 24.8 Å². The molecule has 1 saturated heterocycles. The summed E-state index contributed by atoms with van der Waals surface area (Å²) >= 11 is 0. The Morgan fingerprint density at radius 1 is 1.08 bits per heavy atom. The van der Waals surface area contributed by atoms with Crippen molar-refractivity contribution in [1.82, 2.24) is 9.80 Å². The molecule has 0 N–H and O–H groups in total. The first-order valence-electron chi connectivity index (χ1n) is 9.16. The van der Waals surface area contributed by atoms with Crippen LogP contribution >= 0.6 is 0 Å². The summed E-state index contributed by atoms with van der Waals surface area (Å²) in [5.74, 6) is 0.104. The molecule has 25 heavy (non-hydrogen) atoms. The molecule has 1 heterocycles. The van der Waals surface area contributed by atoms with Gasteiger partial charge in [-0.15, -0.1) is 13.2 Å². The van der Waals surface area contributed by atoms with Gasteiger partial charge < -0.3 is 9.80 Å². The van der Waals surface area contributed by atoms with Gasteiger partial charge in [-0.3, -0.25) is 9.69 Å². The number of likely N-dealkylation sites (N-methyl/N-ethyl adjacent to an activating group) is 1. The Morgan fingerprint density at radius 2 is 1.68 bits per heavy atom. The van der Waals surface area contributed by atoms with Crippen LogP contribution in [0.5, 0.6) is 0 Å². The molecule has 1 aromatic rings. The van der Waals surface area contributed by atoms with Crippen molar-refractivity contribution < 1.29 is 4.79 Å². The Labute approximate surface area is 152 Å². The van der Waals surface area contributed by atoms with Crippen LogP contribution in [0.3, 0.4) is 0 Å². The molecule has 1 fully saturated rings. The molecule has 0 saturated carbocycles. The van der Waals surface area contributed by atoms with Crippen molar-refractivity contribution in [2.45, 2.75) is 25.8 Å². The zero-order valence-corrected chi connectivity index (χ0v) is 15.5. The molecule has 0 spiro atoms. The molecule has 136 valence electrons. The number of hydrogen-bond donors (Lipinski definition) is 0. The van der Waals surface area contributed by atoms with Crippen LogP contribution in [0, 0.1) is 0 Å². The largest absolute Gasteiger partial charge is 0.372 e. The molecule has 0 aromatic heterocycles.